The van der Waals surface area contributed by atoms with E-state index in [9.17, 15) is 13.2 Å². The maximum absolute atomic E-state index is 12.2. The molecule has 0 aromatic heterocycles. The highest BCUT2D eigenvalue weighted by Gasteiger charge is 2.22. The molecule has 0 aliphatic carbocycles. The predicted molar refractivity (Wildman–Crippen MR) is 90.6 cm³/mol. The molecular formula is C16H17ClN2O4S. The van der Waals surface area contributed by atoms with Crippen LogP contribution in [0.25, 0.3) is 0 Å². The van der Waals surface area contributed by atoms with Crippen LogP contribution in [0.3, 0.4) is 0 Å². The number of carbonyl (C=O) groups is 1. The molecule has 128 valence electrons. The molecule has 1 atom stereocenters. The monoisotopic (exact) mass is 368 g/mol. The molecule has 2 aromatic rings. The highest BCUT2D eigenvalue weighted by Crippen LogP contribution is 2.14. The van der Waals surface area contributed by atoms with Gasteiger partial charge in [-0.15, -0.1) is 0 Å². The summed E-state index contributed by atoms with van der Waals surface area (Å²) in [5.41, 5.74) is 3.11. The van der Waals surface area contributed by atoms with Gasteiger partial charge >= 0.3 is 0 Å². The van der Waals surface area contributed by atoms with E-state index < -0.39 is 22.0 Å². The number of benzene rings is 2. The zero-order chi connectivity index (χ0) is 17.6. The van der Waals surface area contributed by atoms with Crippen LogP contribution in [-0.4, -0.2) is 20.4 Å². The molecule has 24 heavy (non-hydrogen) atoms. The minimum Gasteiger partial charge on any atom is -0.271 e. The number of hydroxylamine groups is 1. The van der Waals surface area contributed by atoms with Gasteiger partial charge in [-0.05, 0) is 36.8 Å². The summed E-state index contributed by atoms with van der Waals surface area (Å²) in [6, 6.07) is 13.9. The van der Waals surface area contributed by atoms with Crippen molar-refractivity contribution in [3.05, 3.63) is 65.2 Å². The largest absolute Gasteiger partial charge is 0.271 e. The van der Waals surface area contributed by atoms with Gasteiger partial charge in [0.15, 0.2) is 0 Å². The first-order chi connectivity index (χ1) is 11.4. The van der Waals surface area contributed by atoms with Gasteiger partial charge in [0.05, 0.1) is 11.5 Å². The Bertz CT molecular complexity index is 779. The maximum Gasteiger partial charge on any atom is 0.261 e. The first-order valence-corrected chi connectivity index (χ1v) is 8.98. The van der Waals surface area contributed by atoms with Crippen LogP contribution in [0.5, 0.6) is 0 Å². The zero-order valence-electron chi connectivity index (χ0n) is 12.9. The van der Waals surface area contributed by atoms with Gasteiger partial charge < -0.3 is 0 Å². The summed E-state index contributed by atoms with van der Waals surface area (Å²) in [5, 5.41) is 0.425. The van der Waals surface area contributed by atoms with E-state index in [1.807, 2.05) is 30.3 Å². The normalized spacial score (nSPS) is 12.6. The Morgan fingerprint density at radius 2 is 1.75 bits per heavy atom. The molecule has 0 unspecified atom stereocenters. The van der Waals surface area contributed by atoms with E-state index in [0.717, 1.165) is 5.56 Å². The van der Waals surface area contributed by atoms with Crippen LogP contribution >= 0.6 is 11.6 Å². The van der Waals surface area contributed by atoms with Crippen LogP contribution in [0.1, 0.15) is 12.5 Å². The Balaban J connectivity index is 1.87. The van der Waals surface area contributed by atoms with Gasteiger partial charge in [0.25, 0.3) is 5.91 Å². The van der Waals surface area contributed by atoms with Crippen molar-refractivity contribution in [1.82, 2.24) is 10.2 Å². The molecule has 0 fully saturated rings. The summed E-state index contributed by atoms with van der Waals surface area (Å²) in [4.78, 5) is 17.0. The van der Waals surface area contributed by atoms with Crippen LogP contribution in [0.4, 0.5) is 0 Å². The molecule has 6 nitrogen and oxygen atoms in total. The van der Waals surface area contributed by atoms with Crippen molar-refractivity contribution < 1.29 is 18.0 Å². The van der Waals surface area contributed by atoms with Crippen LogP contribution < -0.4 is 10.2 Å². The average Bonchev–Trinajstić information content (AvgIpc) is 2.55. The molecule has 0 heterocycles. The average molecular weight is 369 g/mol. The first kappa shape index (κ1) is 18.4. The summed E-state index contributed by atoms with van der Waals surface area (Å²) < 4.78 is 26.6. The summed E-state index contributed by atoms with van der Waals surface area (Å²) >= 11 is 5.73. The van der Waals surface area contributed by atoms with Crippen molar-refractivity contribution in [2.75, 3.05) is 0 Å². The van der Waals surface area contributed by atoms with Crippen LogP contribution in [0.2, 0.25) is 5.02 Å². The number of rotatable bonds is 7. The fourth-order valence-corrected chi connectivity index (χ4v) is 3.15. The third kappa shape index (κ3) is 5.31. The number of hydrogen-bond donors (Lipinski definition) is 2. The van der Waals surface area contributed by atoms with Gasteiger partial charge in [-0.25, -0.2) is 13.9 Å². The fourth-order valence-electron chi connectivity index (χ4n) is 1.82. The molecule has 0 aliphatic heterocycles. The Morgan fingerprint density at radius 3 is 2.38 bits per heavy atom. The summed E-state index contributed by atoms with van der Waals surface area (Å²) in [6.45, 7) is 1.61. The van der Waals surface area contributed by atoms with E-state index >= 15 is 0 Å². The van der Waals surface area contributed by atoms with E-state index in [-0.39, 0.29) is 11.5 Å². The van der Waals surface area contributed by atoms with E-state index in [4.69, 9.17) is 16.4 Å². The smallest absolute Gasteiger partial charge is 0.261 e. The minimum atomic E-state index is -3.82. The third-order valence-electron chi connectivity index (χ3n) is 3.10. The minimum absolute atomic E-state index is 0.0248. The molecule has 2 aromatic carbocycles. The van der Waals surface area contributed by atoms with Gasteiger partial charge in [-0.1, -0.05) is 41.9 Å². The third-order valence-corrected chi connectivity index (χ3v) is 4.91. The molecule has 2 N–H and O–H groups in total. The van der Waals surface area contributed by atoms with Gasteiger partial charge in [0, 0.05) is 5.02 Å². The molecule has 8 heteroatoms. The molecule has 0 aliphatic rings. The molecule has 0 saturated carbocycles. The first-order valence-electron chi connectivity index (χ1n) is 7.12. The Kier molecular flexibility index (Phi) is 6.33. The molecule has 1 amide bonds. The molecule has 0 saturated heterocycles. The van der Waals surface area contributed by atoms with Gasteiger partial charge in [-0.3, -0.25) is 9.63 Å². The zero-order valence-corrected chi connectivity index (χ0v) is 14.5. The molecule has 2 rings (SSSR count). The van der Waals surface area contributed by atoms with E-state index in [2.05, 4.69) is 10.2 Å². The molecular weight excluding hydrogens is 352 g/mol. The number of sulfonamides is 1. The van der Waals surface area contributed by atoms with E-state index in [1.165, 1.54) is 31.2 Å². The van der Waals surface area contributed by atoms with Crippen molar-refractivity contribution in [2.45, 2.75) is 24.5 Å². The fraction of sp³-hybridized carbons (Fsp3) is 0.188. The number of amides is 1. The van der Waals surface area contributed by atoms with Gasteiger partial charge in [0.1, 0.15) is 6.04 Å². The SMILES string of the molecule is C[C@H](NS(=O)(=O)c1ccc(Cl)cc1)C(=O)NOCc1ccccc1. The maximum atomic E-state index is 12.2. The number of carbonyl (C=O) groups excluding carboxylic acids is 1. The lowest BCUT2D eigenvalue weighted by molar-refractivity contribution is -0.135. The summed E-state index contributed by atoms with van der Waals surface area (Å²) in [7, 11) is -3.82. The number of halogens is 1. The van der Waals surface area contributed by atoms with Crippen LogP contribution in [0.15, 0.2) is 59.5 Å². The Hall–Kier alpha value is -1.93. The lowest BCUT2D eigenvalue weighted by Gasteiger charge is -2.14. The second-order valence-corrected chi connectivity index (χ2v) is 7.19. The predicted octanol–water partition coefficient (Wildman–Crippen LogP) is 2.25. The van der Waals surface area contributed by atoms with E-state index in [1.54, 1.807) is 0 Å². The van der Waals surface area contributed by atoms with Crippen LogP contribution in [-0.2, 0) is 26.3 Å². The second kappa shape index (κ2) is 8.25. The lowest BCUT2D eigenvalue weighted by Crippen LogP contribution is -2.44. The number of nitrogens with one attached hydrogen (secondary N) is 2. The highest BCUT2D eigenvalue weighted by atomic mass is 35.5. The van der Waals surface area contributed by atoms with Crippen molar-refractivity contribution in [3.63, 3.8) is 0 Å². The standard InChI is InChI=1S/C16H17ClN2O4S/c1-12(16(20)18-23-11-13-5-3-2-4-6-13)19-24(21,22)15-9-7-14(17)8-10-15/h2-10,12,19H,11H2,1H3,(H,18,20)/t12-/m0/s1. The second-order valence-electron chi connectivity index (χ2n) is 5.04. The Labute approximate surface area is 145 Å². The molecule has 0 bridgehead atoms. The van der Waals surface area contributed by atoms with Crippen molar-refractivity contribution in [2.24, 2.45) is 0 Å². The van der Waals surface area contributed by atoms with Gasteiger partial charge in [0.2, 0.25) is 10.0 Å². The Morgan fingerprint density at radius 1 is 1.12 bits per heavy atom. The van der Waals surface area contributed by atoms with Crippen molar-refractivity contribution in [3.8, 4) is 0 Å². The van der Waals surface area contributed by atoms with Crippen LogP contribution in [0, 0.1) is 0 Å². The van der Waals surface area contributed by atoms with Crippen molar-refractivity contribution in [1.29, 1.82) is 0 Å². The summed E-state index contributed by atoms with van der Waals surface area (Å²) in [6.07, 6.45) is 0. The molecule has 0 spiro atoms. The highest BCUT2D eigenvalue weighted by molar-refractivity contribution is 7.89. The lowest BCUT2D eigenvalue weighted by atomic mass is 10.2. The molecule has 0 radical (unpaired) electrons. The number of hydrogen-bond acceptors (Lipinski definition) is 4. The van der Waals surface area contributed by atoms with E-state index in [0.29, 0.717) is 5.02 Å². The van der Waals surface area contributed by atoms with Gasteiger partial charge in [-0.2, -0.15) is 4.72 Å². The summed E-state index contributed by atoms with van der Waals surface area (Å²) in [5.74, 6) is -0.594. The quantitative estimate of drug-likeness (QED) is 0.734. The topological polar surface area (TPSA) is 84.5 Å². The van der Waals surface area contributed by atoms with Crippen molar-refractivity contribution >= 4 is 27.5 Å².